The second-order valence-electron chi connectivity index (χ2n) is 7.25. The molecule has 0 atom stereocenters. The third-order valence-corrected chi connectivity index (χ3v) is 5.43. The van der Waals surface area contributed by atoms with Crippen LogP contribution < -0.4 is 4.74 Å². The highest BCUT2D eigenvalue weighted by atomic mass is 16.5. The van der Waals surface area contributed by atoms with E-state index in [4.69, 9.17) is 9.47 Å². The predicted molar refractivity (Wildman–Crippen MR) is 98.9 cm³/mol. The normalized spacial score (nSPS) is 19.3. The topological polar surface area (TPSA) is 38.8 Å². The van der Waals surface area contributed by atoms with E-state index < -0.39 is 0 Å². The van der Waals surface area contributed by atoms with Gasteiger partial charge in [-0.1, -0.05) is 32.6 Å². The Morgan fingerprint density at radius 1 is 1.12 bits per heavy atom. The fraction of sp³-hybridized carbons (Fsp3) is 0.667. The number of benzene rings is 1. The minimum atomic E-state index is -0.343. The molecule has 3 rings (SSSR count). The molecule has 138 valence electrons. The van der Waals surface area contributed by atoms with E-state index >= 15 is 0 Å². The average molecular weight is 345 g/mol. The number of unbranched alkanes of at least 4 members (excludes halogenated alkanes) is 3. The molecule has 1 saturated heterocycles. The van der Waals surface area contributed by atoms with Gasteiger partial charge in [0.25, 0.3) is 5.91 Å². The monoisotopic (exact) mass is 345 g/mol. The first kappa shape index (κ1) is 18.2. The molecular weight excluding hydrogens is 314 g/mol. The molecule has 4 heteroatoms. The van der Waals surface area contributed by atoms with Gasteiger partial charge in [-0.2, -0.15) is 0 Å². The summed E-state index contributed by atoms with van der Waals surface area (Å²) in [6, 6.07) is 7.60. The second-order valence-corrected chi connectivity index (χ2v) is 7.25. The largest absolute Gasteiger partial charge is 0.494 e. The molecule has 0 aromatic heterocycles. The Kier molecular flexibility index (Phi) is 6.35. The van der Waals surface area contributed by atoms with E-state index in [9.17, 15) is 4.79 Å². The zero-order chi connectivity index (χ0) is 17.5. The Bertz CT molecular complexity index is 549. The van der Waals surface area contributed by atoms with E-state index in [0.717, 1.165) is 50.0 Å². The van der Waals surface area contributed by atoms with Crippen LogP contribution in [0.5, 0.6) is 5.75 Å². The minimum Gasteiger partial charge on any atom is -0.494 e. The lowest BCUT2D eigenvalue weighted by atomic mass is 9.90. The molecule has 4 nitrogen and oxygen atoms in total. The summed E-state index contributed by atoms with van der Waals surface area (Å²) < 4.78 is 11.8. The number of nitrogens with zero attached hydrogens (tertiary/aromatic N) is 1. The molecule has 1 aromatic rings. The van der Waals surface area contributed by atoms with Crippen molar-refractivity contribution in [3.63, 3.8) is 0 Å². The SMILES string of the molecule is CCCCCCOc1ccc(C(=O)N2CCOC23CCCCC3)cc1. The summed E-state index contributed by atoms with van der Waals surface area (Å²) in [7, 11) is 0. The van der Waals surface area contributed by atoms with Crippen LogP contribution in [-0.2, 0) is 4.74 Å². The van der Waals surface area contributed by atoms with Crippen molar-refractivity contribution in [2.45, 2.75) is 70.4 Å². The number of carbonyl (C=O) groups is 1. The van der Waals surface area contributed by atoms with Crippen molar-refractivity contribution in [2.24, 2.45) is 0 Å². The highest BCUT2D eigenvalue weighted by Crippen LogP contribution is 2.38. The van der Waals surface area contributed by atoms with Gasteiger partial charge in [-0.25, -0.2) is 0 Å². The highest BCUT2D eigenvalue weighted by molar-refractivity contribution is 5.95. The summed E-state index contributed by atoms with van der Waals surface area (Å²) >= 11 is 0. The minimum absolute atomic E-state index is 0.0916. The molecule has 1 aromatic carbocycles. The lowest BCUT2D eigenvalue weighted by molar-refractivity contribution is -0.0919. The number of rotatable bonds is 7. The molecule has 1 aliphatic heterocycles. The summed E-state index contributed by atoms with van der Waals surface area (Å²) in [5.74, 6) is 0.937. The third-order valence-electron chi connectivity index (χ3n) is 5.43. The first-order valence-corrected chi connectivity index (χ1v) is 9.94. The van der Waals surface area contributed by atoms with Crippen LogP contribution in [0.15, 0.2) is 24.3 Å². The maximum absolute atomic E-state index is 13.0. The first-order chi connectivity index (χ1) is 12.2. The van der Waals surface area contributed by atoms with Crippen molar-refractivity contribution in [3.05, 3.63) is 29.8 Å². The van der Waals surface area contributed by atoms with E-state index in [-0.39, 0.29) is 11.6 Å². The van der Waals surface area contributed by atoms with Crippen molar-refractivity contribution in [3.8, 4) is 5.75 Å². The van der Waals surface area contributed by atoms with Crippen molar-refractivity contribution in [2.75, 3.05) is 19.8 Å². The molecule has 1 heterocycles. The van der Waals surface area contributed by atoms with Crippen molar-refractivity contribution < 1.29 is 14.3 Å². The number of hydrogen-bond acceptors (Lipinski definition) is 3. The molecular formula is C21H31NO3. The van der Waals surface area contributed by atoms with Gasteiger partial charge in [0.05, 0.1) is 13.2 Å². The fourth-order valence-electron chi connectivity index (χ4n) is 3.98. The predicted octanol–water partition coefficient (Wildman–Crippen LogP) is 4.78. The van der Waals surface area contributed by atoms with Crippen LogP contribution in [0.4, 0.5) is 0 Å². The van der Waals surface area contributed by atoms with Gasteiger partial charge in [0, 0.05) is 12.1 Å². The highest BCUT2D eigenvalue weighted by Gasteiger charge is 2.45. The summed E-state index contributed by atoms with van der Waals surface area (Å²) in [4.78, 5) is 14.9. The maximum atomic E-state index is 13.0. The van der Waals surface area contributed by atoms with Crippen molar-refractivity contribution >= 4 is 5.91 Å². The zero-order valence-electron chi connectivity index (χ0n) is 15.5. The molecule has 2 aliphatic rings. The Hall–Kier alpha value is -1.55. The lowest BCUT2D eigenvalue weighted by Crippen LogP contribution is -2.49. The summed E-state index contributed by atoms with van der Waals surface area (Å²) in [6.07, 6.45) is 10.3. The average Bonchev–Trinajstić information content (AvgIpc) is 3.05. The van der Waals surface area contributed by atoms with Crippen LogP contribution in [0.3, 0.4) is 0 Å². The fourth-order valence-corrected chi connectivity index (χ4v) is 3.98. The van der Waals surface area contributed by atoms with Crippen LogP contribution in [0, 0.1) is 0 Å². The van der Waals surface area contributed by atoms with Gasteiger partial charge < -0.3 is 14.4 Å². The maximum Gasteiger partial charge on any atom is 0.256 e. The molecule has 1 aliphatic carbocycles. The van der Waals surface area contributed by atoms with Crippen LogP contribution in [0.1, 0.15) is 75.1 Å². The van der Waals surface area contributed by atoms with Gasteiger partial charge in [-0.15, -0.1) is 0 Å². The molecule has 0 radical (unpaired) electrons. The Morgan fingerprint density at radius 2 is 1.88 bits per heavy atom. The third kappa shape index (κ3) is 4.35. The number of amides is 1. The quantitative estimate of drug-likeness (QED) is 0.668. The van der Waals surface area contributed by atoms with Gasteiger partial charge in [0.15, 0.2) is 0 Å². The molecule has 0 bridgehead atoms. The Morgan fingerprint density at radius 3 is 2.60 bits per heavy atom. The van der Waals surface area contributed by atoms with Gasteiger partial charge in [0.1, 0.15) is 11.5 Å². The number of hydrogen-bond donors (Lipinski definition) is 0. The molecule has 25 heavy (non-hydrogen) atoms. The first-order valence-electron chi connectivity index (χ1n) is 9.94. The van der Waals surface area contributed by atoms with E-state index in [0.29, 0.717) is 13.2 Å². The van der Waals surface area contributed by atoms with Crippen molar-refractivity contribution in [1.29, 1.82) is 0 Å². The Balaban J connectivity index is 1.57. The number of carbonyl (C=O) groups excluding carboxylic acids is 1. The van der Waals surface area contributed by atoms with Crippen LogP contribution in [0.25, 0.3) is 0 Å². The van der Waals surface area contributed by atoms with E-state index in [1.165, 1.54) is 25.7 Å². The summed E-state index contributed by atoms with van der Waals surface area (Å²) in [6.45, 7) is 4.31. The van der Waals surface area contributed by atoms with Crippen LogP contribution in [0.2, 0.25) is 0 Å². The smallest absolute Gasteiger partial charge is 0.256 e. The summed E-state index contributed by atoms with van der Waals surface area (Å²) in [5.41, 5.74) is 0.387. The van der Waals surface area contributed by atoms with E-state index in [1.807, 2.05) is 29.2 Å². The van der Waals surface area contributed by atoms with Gasteiger partial charge in [-0.05, 0) is 56.4 Å². The molecule has 1 amide bonds. The molecule has 0 N–H and O–H groups in total. The van der Waals surface area contributed by atoms with E-state index in [2.05, 4.69) is 6.92 Å². The van der Waals surface area contributed by atoms with Gasteiger partial charge in [-0.3, -0.25) is 4.79 Å². The van der Waals surface area contributed by atoms with E-state index in [1.54, 1.807) is 0 Å². The number of ether oxygens (including phenoxy) is 2. The van der Waals surface area contributed by atoms with Gasteiger partial charge >= 0.3 is 0 Å². The molecule has 0 unspecified atom stereocenters. The summed E-state index contributed by atoms with van der Waals surface area (Å²) in [5, 5.41) is 0. The molecule has 1 spiro atoms. The van der Waals surface area contributed by atoms with Crippen LogP contribution >= 0.6 is 0 Å². The van der Waals surface area contributed by atoms with Crippen molar-refractivity contribution in [1.82, 2.24) is 4.90 Å². The van der Waals surface area contributed by atoms with Crippen LogP contribution in [-0.4, -0.2) is 36.3 Å². The zero-order valence-corrected chi connectivity index (χ0v) is 15.5. The molecule has 2 fully saturated rings. The Labute approximate surface area is 151 Å². The second kappa shape index (κ2) is 8.70. The lowest BCUT2D eigenvalue weighted by Gasteiger charge is -2.40. The van der Waals surface area contributed by atoms with Gasteiger partial charge in [0.2, 0.25) is 0 Å². The standard InChI is InChI=1S/C21H31NO3/c1-2-3-4-8-16-24-19-11-9-18(10-12-19)20(23)22-15-17-25-21(22)13-6-5-7-14-21/h9-12H,2-8,13-17H2,1H3. The molecule has 1 saturated carbocycles.